The van der Waals surface area contributed by atoms with Crippen LogP contribution in [0.5, 0.6) is 0 Å². The topological polar surface area (TPSA) is 56.1 Å². The van der Waals surface area contributed by atoms with Gasteiger partial charge in [-0.05, 0) is 26.3 Å². The van der Waals surface area contributed by atoms with Crippen molar-refractivity contribution in [2.45, 2.75) is 32.2 Å². The highest BCUT2D eigenvalue weighted by Crippen LogP contribution is 2.15. The minimum atomic E-state index is 0.0319. The Bertz CT molecular complexity index is 234. The van der Waals surface area contributed by atoms with Gasteiger partial charge in [-0.25, -0.2) is 0 Å². The summed E-state index contributed by atoms with van der Waals surface area (Å²) in [6.45, 7) is 4.26. The molecule has 0 aromatic rings. The molecule has 1 amide bonds. The largest absolute Gasteiger partial charge is 0.356 e. The molecule has 0 bridgehead atoms. The van der Waals surface area contributed by atoms with Gasteiger partial charge in [-0.3, -0.25) is 9.69 Å². The van der Waals surface area contributed by atoms with E-state index in [9.17, 15) is 4.79 Å². The second-order valence-corrected chi connectivity index (χ2v) is 3.53. The van der Waals surface area contributed by atoms with Gasteiger partial charge < -0.3 is 5.32 Å². The Kier molecular flexibility index (Phi) is 4.41. The van der Waals surface area contributed by atoms with Crippen LogP contribution in [0.25, 0.3) is 0 Å². The minimum absolute atomic E-state index is 0.0319. The van der Waals surface area contributed by atoms with Crippen LogP contribution in [0.15, 0.2) is 0 Å². The SMILES string of the molecule is CCNC(=O)CCN1CCCC1C#N. The van der Waals surface area contributed by atoms with E-state index in [4.69, 9.17) is 5.26 Å². The van der Waals surface area contributed by atoms with Crippen LogP contribution in [0, 0.1) is 11.3 Å². The average Bonchev–Trinajstić information content (AvgIpc) is 2.62. The number of nitrogens with one attached hydrogen (secondary N) is 1. The number of carbonyl (C=O) groups is 1. The van der Waals surface area contributed by atoms with Gasteiger partial charge in [-0.2, -0.15) is 5.26 Å². The van der Waals surface area contributed by atoms with Crippen molar-refractivity contribution in [2.24, 2.45) is 0 Å². The highest BCUT2D eigenvalue weighted by molar-refractivity contribution is 5.75. The van der Waals surface area contributed by atoms with Gasteiger partial charge >= 0.3 is 0 Å². The van der Waals surface area contributed by atoms with Crippen molar-refractivity contribution in [1.82, 2.24) is 10.2 Å². The molecule has 0 aromatic heterocycles. The fourth-order valence-electron chi connectivity index (χ4n) is 1.77. The Morgan fingerprint density at radius 2 is 2.50 bits per heavy atom. The summed E-state index contributed by atoms with van der Waals surface area (Å²) in [5.74, 6) is 0.0797. The summed E-state index contributed by atoms with van der Waals surface area (Å²) in [5, 5.41) is 11.6. The smallest absolute Gasteiger partial charge is 0.221 e. The third-order valence-electron chi connectivity index (χ3n) is 2.51. The zero-order valence-corrected chi connectivity index (χ0v) is 8.62. The second-order valence-electron chi connectivity index (χ2n) is 3.53. The lowest BCUT2D eigenvalue weighted by molar-refractivity contribution is -0.121. The lowest BCUT2D eigenvalue weighted by atomic mass is 10.2. The lowest BCUT2D eigenvalue weighted by Gasteiger charge is -2.18. The summed E-state index contributed by atoms with van der Waals surface area (Å²) < 4.78 is 0. The number of hydrogen-bond acceptors (Lipinski definition) is 3. The van der Waals surface area contributed by atoms with Crippen molar-refractivity contribution in [3.63, 3.8) is 0 Å². The summed E-state index contributed by atoms with van der Waals surface area (Å²) >= 11 is 0. The molecule has 0 radical (unpaired) electrons. The van der Waals surface area contributed by atoms with Crippen LogP contribution < -0.4 is 5.32 Å². The molecule has 1 unspecified atom stereocenters. The number of rotatable bonds is 4. The molecule has 78 valence electrons. The molecule has 1 N–H and O–H groups in total. The highest BCUT2D eigenvalue weighted by atomic mass is 16.1. The summed E-state index contributed by atoms with van der Waals surface area (Å²) in [6, 6.07) is 2.30. The van der Waals surface area contributed by atoms with Crippen molar-refractivity contribution in [1.29, 1.82) is 5.26 Å². The standard InChI is InChI=1S/C10H17N3O/c1-2-12-10(14)5-7-13-6-3-4-9(13)8-11/h9H,2-7H2,1H3,(H,12,14). The minimum Gasteiger partial charge on any atom is -0.356 e. The van der Waals surface area contributed by atoms with Crippen molar-refractivity contribution in [3.05, 3.63) is 0 Å². The van der Waals surface area contributed by atoms with E-state index in [1.807, 2.05) is 6.92 Å². The van der Waals surface area contributed by atoms with Crippen molar-refractivity contribution < 1.29 is 4.79 Å². The first kappa shape index (κ1) is 11.0. The molecule has 0 saturated carbocycles. The highest BCUT2D eigenvalue weighted by Gasteiger charge is 2.23. The Morgan fingerprint density at radius 1 is 1.71 bits per heavy atom. The molecule has 1 rings (SSSR count). The Labute approximate surface area is 84.9 Å². The van der Waals surface area contributed by atoms with Gasteiger partial charge in [0, 0.05) is 19.5 Å². The maximum Gasteiger partial charge on any atom is 0.221 e. The number of amides is 1. The molecule has 1 atom stereocenters. The monoisotopic (exact) mass is 195 g/mol. The molecule has 0 aliphatic carbocycles. The number of carbonyl (C=O) groups excluding carboxylic acids is 1. The quantitative estimate of drug-likeness (QED) is 0.710. The third-order valence-corrected chi connectivity index (χ3v) is 2.51. The summed E-state index contributed by atoms with van der Waals surface area (Å²) in [4.78, 5) is 13.3. The summed E-state index contributed by atoms with van der Waals surface area (Å²) in [7, 11) is 0. The molecule has 4 heteroatoms. The summed E-state index contributed by atoms with van der Waals surface area (Å²) in [6.07, 6.45) is 2.53. The normalized spacial score (nSPS) is 21.9. The Balaban J connectivity index is 2.24. The van der Waals surface area contributed by atoms with Gasteiger partial charge in [0.2, 0.25) is 5.91 Å². The molecule has 1 fully saturated rings. The van der Waals surface area contributed by atoms with Gasteiger partial charge in [0.15, 0.2) is 0 Å². The third kappa shape index (κ3) is 3.00. The van der Waals surface area contributed by atoms with E-state index < -0.39 is 0 Å². The van der Waals surface area contributed by atoms with Crippen LogP contribution >= 0.6 is 0 Å². The molecule has 0 spiro atoms. The van der Waals surface area contributed by atoms with Crippen LogP contribution in [0.2, 0.25) is 0 Å². The Morgan fingerprint density at radius 3 is 3.14 bits per heavy atom. The second kappa shape index (κ2) is 5.61. The average molecular weight is 195 g/mol. The fourth-order valence-corrected chi connectivity index (χ4v) is 1.77. The van der Waals surface area contributed by atoms with E-state index in [1.165, 1.54) is 0 Å². The molecule has 4 nitrogen and oxygen atoms in total. The van der Waals surface area contributed by atoms with Crippen molar-refractivity contribution in [3.8, 4) is 6.07 Å². The Hall–Kier alpha value is -1.08. The zero-order valence-electron chi connectivity index (χ0n) is 8.62. The molecular formula is C10H17N3O. The maximum atomic E-state index is 11.2. The molecule has 14 heavy (non-hydrogen) atoms. The predicted octanol–water partition coefficient (Wildman–Crippen LogP) is 0.501. The van der Waals surface area contributed by atoms with Gasteiger partial charge in [0.05, 0.1) is 12.1 Å². The lowest BCUT2D eigenvalue weighted by Crippen LogP contribution is -2.33. The van der Waals surface area contributed by atoms with E-state index in [-0.39, 0.29) is 11.9 Å². The molecule has 1 aliphatic heterocycles. The van der Waals surface area contributed by atoms with E-state index in [0.29, 0.717) is 19.5 Å². The zero-order chi connectivity index (χ0) is 10.4. The van der Waals surface area contributed by atoms with Crippen LogP contribution in [-0.4, -0.2) is 36.5 Å². The first-order valence-corrected chi connectivity index (χ1v) is 5.18. The van der Waals surface area contributed by atoms with Gasteiger partial charge in [0.25, 0.3) is 0 Å². The van der Waals surface area contributed by atoms with Gasteiger partial charge in [-0.15, -0.1) is 0 Å². The van der Waals surface area contributed by atoms with Crippen LogP contribution in [0.3, 0.4) is 0 Å². The molecule has 1 heterocycles. The molecule has 1 aliphatic rings. The maximum absolute atomic E-state index is 11.2. The van der Waals surface area contributed by atoms with Crippen molar-refractivity contribution in [2.75, 3.05) is 19.6 Å². The van der Waals surface area contributed by atoms with E-state index in [1.54, 1.807) is 0 Å². The van der Waals surface area contributed by atoms with Gasteiger partial charge in [-0.1, -0.05) is 0 Å². The van der Waals surface area contributed by atoms with Crippen LogP contribution in [0.1, 0.15) is 26.2 Å². The predicted molar refractivity (Wildman–Crippen MR) is 53.5 cm³/mol. The molecule has 1 saturated heterocycles. The van der Waals surface area contributed by atoms with Crippen molar-refractivity contribution >= 4 is 5.91 Å². The van der Waals surface area contributed by atoms with Gasteiger partial charge in [0.1, 0.15) is 0 Å². The molecule has 0 aromatic carbocycles. The number of nitriles is 1. The van der Waals surface area contributed by atoms with E-state index in [2.05, 4.69) is 16.3 Å². The summed E-state index contributed by atoms with van der Waals surface area (Å²) in [5.41, 5.74) is 0. The first-order chi connectivity index (χ1) is 6.77. The van der Waals surface area contributed by atoms with E-state index >= 15 is 0 Å². The number of likely N-dealkylation sites (tertiary alicyclic amines) is 1. The first-order valence-electron chi connectivity index (χ1n) is 5.18. The van der Waals surface area contributed by atoms with Crippen LogP contribution in [0.4, 0.5) is 0 Å². The number of hydrogen-bond donors (Lipinski definition) is 1. The van der Waals surface area contributed by atoms with E-state index in [0.717, 1.165) is 19.4 Å². The van der Waals surface area contributed by atoms with Crippen LogP contribution in [-0.2, 0) is 4.79 Å². The molecular weight excluding hydrogens is 178 g/mol. The number of nitrogens with zero attached hydrogens (tertiary/aromatic N) is 2. The fraction of sp³-hybridized carbons (Fsp3) is 0.800.